The average molecular weight is 455 g/mol. The lowest BCUT2D eigenvalue weighted by atomic mass is 9.91. The van der Waals surface area contributed by atoms with Crippen LogP contribution in [0.1, 0.15) is 30.9 Å². The number of aromatic nitrogens is 2. The molecule has 33 heavy (non-hydrogen) atoms. The minimum Gasteiger partial charge on any atom is -0.454 e. The van der Waals surface area contributed by atoms with Gasteiger partial charge in [0.25, 0.3) is 0 Å². The summed E-state index contributed by atoms with van der Waals surface area (Å²) < 4.78 is 31.2. The molecule has 1 saturated heterocycles. The first-order chi connectivity index (χ1) is 16.1. The van der Waals surface area contributed by atoms with E-state index in [1.807, 2.05) is 13.1 Å². The number of halogens is 1. The number of carbonyl (C=O) groups excluding carboxylic acids is 1. The molecule has 174 valence electrons. The van der Waals surface area contributed by atoms with Gasteiger partial charge in [0.15, 0.2) is 11.5 Å². The monoisotopic (exact) mass is 454 g/mol. The largest absolute Gasteiger partial charge is 0.454 e. The number of anilines is 1. The summed E-state index contributed by atoms with van der Waals surface area (Å²) >= 11 is 0. The van der Waals surface area contributed by atoms with Crippen molar-refractivity contribution >= 4 is 22.7 Å². The number of fused-ring (bicyclic) bond motifs is 2. The number of aryl methyl sites for hydroxylation is 1. The first-order valence-corrected chi connectivity index (χ1v) is 11.2. The third-order valence-electron chi connectivity index (χ3n) is 6.29. The minimum atomic E-state index is -0.481. The van der Waals surface area contributed by atoms with E-state index in [2.05, 4.69) is 15.3 Å². The second kappa shape index (κ2) is 9.27. The third-order valence-corrected chi connectivity index (χ3v) is 6.29. The van der Waals surface area contributed by atoms with Gasteiger partial charge in [-0.05, 0) is 62.7 Å². The first kappa shape index (κ1) is 21.5. The van der Waals surface area contributed by atoms with Crippen LogP contribution in [-0.2, 0) is 11.8 Å². The number of ether oxygens (including phenoxy) is 3. The fourth-order valence-corrected chi connectivity index (χ4v) is 4.57. The van der Waals surface area contributed by atoms with Crippen LogP contribution in [0.2, 0.25) is 0 Å². The van der Waals surface area contributed by atoms with E-state index in [9.17, 15) is 9.18 Å². The molecule has 1 N–H and O–H groups in total. The Bertz CT molecular complexity index is 1160. The maximum Gasteiger partial charge on any atom is 0.411 e. The molecule has 1 amide bonds. The van der Waals surface area contributed by atoms with Crippen molar-refractivity contribution < 1.29 is 23.4 Å². The number of hydrogen-bond acceptors (Lipinski definition) is 6. The lowest BCUT2D eigenvalue weighted by molar-refractivity contribution is 0.146. The predicted octanol–water partition coefficient (Wildman–Crippen LogP) is 4.26. The summed E-state index contributed by atoms with van der Waals surface area (Å²) in [5.41, 5.74) is 2.51. The number of nitrogens with zero attached hydrogens (tertiary/aromatic N) is 3. The summed E-state index contributed by atoms with van der Waals surface area (Å²) in [6.07, 6.45) is 2.31. The molecule has 3 aromatic rings. The van der Waals surface area contributed by atoms with Crippen LogP contribution in [0, 0.1) is 5.82 Å². The fourth-order valence-electron chi connectivity index (χ4n) is 4.57. The van der Waals surface area contributed by atoms with Gasteiger partial charge >= 0.3 is 6.09 Å². The van der Waals surface area contributed by atoms with Crippen LogP contribution < -0.4 is 14.8 Å². The normalized spacial score (nSPS) is 16.3. The number of piperidine rings is 1. The van der Waals surface area contributed by atoms with Crippen molar-refractivity contribution in [2.75, 3.05) is 38.4 Å². The summed E-state index contributed by atoms with van der Waals surface area (Å²) in [5, 5.41) is 8.43. The Morgan fingerprint density at radius 3 is 2.85 bits per heavy atom. The Kier molecular flexibility index (Phi) is 6.04. The van der Waals surface area contributed by atoms with E-state index in [1.54, 1.807) is 28.9 Å². The molecule has 0 bridgehead atoms. The van der Waals surface area contributed by atoms with Crippen LogP contribution in [0.5, 0.6) is 11.5 Å². The first-order valence-electron chi connectivity index (χ1n) is 11.2. The SMILES string of the molecule is Cn1nc(C2CCN(CCCOC(=O)Nc3ccc4c(c3)OCO4)CC2)c2ccc(F)cc21. The van der Waals surface area contributed by atoms with Crippen molar-refractivity contribution in [3.8, 4) is 11.5 Å². The predicted molar refractivity (Wildman–Crippen MR) is 121 cm³/mol. The number of rotatable bonds is 6. The molecule has 0 unspecified atom stereocenters. The molecule has 2 aliphatic heterocycles. The molecule has 0 saturated carbocycles. The van der Waals surface area contributed by atoms with Gasteiger partial charge < -0.3 is 19.1 Å². The third kappa shape index (κ3) is 4.73. The molecule has 1 aromatic heterocycles. The highest BCUT2D eigenvalue weighted by molar-refractivity contribution is 5.85. The molecule has 2 aromatic carbocycles. The smallest absolute Gasteiger partial charge is 0.411 e. The van der Waals surface area contributed by atoms with Gasteiger partial charge in [0.05, 0.1) is 17.8 Å². The summed E-state index contributed by atoms with van der Waals surface area (Å²) in [6, 6.07) is 10.1. The highest BCUT2D eigenvalue weighted by Crippen LogP contribution is 2.34. The maximum absolute atomic E-state index is 13.6. The van der Waals surface area contributed by atoms with Gasteiger partial charge in [-0.15, -0.1) is 0 Å². The van der Waals surface area contributed by atoms with Gasteiger partial charge in [-0.25, -0.2) is 9.18 Å². The van der Waals surface area contributed by atoms with Crippen molar-refractivity contribution in [2.45, 2.75) is 25.2 Å². The summed E-state index contributed by atoms with van der Waals surface area (Å²) in [7, 11) is 1.86. The number of likely N-dealkylation sites (tertiary alicyclic amines) is 1. The number of carbonyl (C=O) groups is 1. The molecule has 3 heterocycles. The Morgan fingerprint density at radius 1 is 1.18 bits per heavy atom. The number of benzene rings is 2. The molecule has 2 aliphatic rings. The second-order valence-corrected chi connectivity index (χ2v) is 8.47. The molecule has 5 rings (SSSR count). The molecule has 0 spiro atoms. The van der Waals surface area contributed by atoms with E-state index in [1.165, 1.54) is 6.07 Å². The molecule has 0 radical (unpaired) electrons. The summed E-state index contributed by atoms with van der Waals surface area (Å²) in [6.45, 7) is 3.35. The Morgan fingerprint density at radius 2 is 2.00 bits per heavy atom. The molecular formula is C24H27FN4O4. The fraction of sp³-hybridized carbons (Fsp3) is 0.417. The van der Waals surface area contributed by atoms with Gasteiger partial charge in [-0.3, -0.25) is 10.00 Å². The summed E-state index contributed by atoms with van der Waals surface area (Å²) in [5.74, 6) is 1.42. The molecule has 8 nitrogen and oxygen atoms in total. The van der Waals surface area contributed by atoms with Crippen molar-refractivity contribution in [3.63, 3.8) is 0 Å². The van der Waals surface area contributed by atoms with E-state index >= 15 is 0 Å². The summed E-state index contributed by atoms with van der Waals surface area (Å²) in [4.78, 5) is 14.4. The highest BCUT2D eigenvalue weighted by Gasteiger charge is 2.25. The van der Waals surface area contributed by atoms with E-state index in [4.69, 9.17) is 14.2 Å². The second-order valence-electron chi connectivity index (χ2n) is 8.47. The van der Waals surface area contributed by atoms with E-state index in [0.717, 1.165) is 55.5 Å². The average Bonchev–Trinajstić information content (AvgIpc) is 3.41. The van der Waals surface area contributed by atoms with Crippen molar-refractivity contribution in [3.05, 3.63) is 47.9 Å². The molecule has 0 atom stereocenters. The van der Waals surface area contributed by atoms with Crippen molar-refractivity contribution in [1.82, 2.24) is 14.7 Å². The molecule has 9 heteroatoms. The molecular weight excluding hydrogens is 427 g/mol. The van der Waals surface area contributed by atoms with Gasteiger partial charge in [-0.1, -0.05) is 0 Å². The van der Waals surface area contributed by atoms with Crippen LogP contribution in [-0.4, -0.2) is 53.8 Å². The lowest BCUT2D eigenvalue weighted by Gasteiger charge is -2.31. The Balaban J connectivity index is 1.04. The van der Waals surface area contributed by atoms with Crippen LogP contribution in [0.4, 0.5) is 14.9 Å². The molecule has 1 fully saturated rings. The van der Waals surface area contributed by atoms with Gasteiger partial charge in [0.1, 0.15) is 5.82 Å². The van der Waals surface area contributed by atoms with Crippen LogP contribution in [0.3, 0.4) is 0 Å². The highest BCUT2D eigenvalue weighted by atomic mass is 19.1. The zero-order valence-corrected chi connectivity index (χ0v) is 18.6. The van der Waals surface area contributed by atoms with Crippen molar-refractivity contribution in [1.29, 1.82) is 0 Å². The Hall–Kier alpha value is -3.33. The Labute approximate surface area is 191 Å². The topological polar surface area (TPSA) is 77.9 Å². The minimum absolute atomic E-state index is 0.193. The van der Waals surface area contributed by atoms with Gasteiger partial charge in [0, 0.05) is 36.7 Å². The van der Waals surface area contributed by atoms with E-state index < -0.39 is 6.09 Å². The van der Waals surface area contributed by atoms with Crippen LogP contribution >= 0.6 is 0 Å². The van der Waals surface area contributed by atoms with E-state index in [-0.39, 0.29) is 12.6 Å². The zero-order chi connectivity index (χ0) is 22.8. The number of hydrogen-bond donors (Lipinski definition) is 1. The van der Waals surface area contributed by atoms with Gasteiger partial charge in [0.2, 0.25) is 6.79 Å². The lowest BCUT2D eigenvalue weighted by Crippen LogP contribution is -2.34. The van der Waals surface area contributed by atoms with Gasteiger partial charge in [-0.2, -0.15) is 5.10 Å². The molecule has 0 aliphatic carbocycles. The number of amides is 1. The van der Waals surface area contributed by atoms with Crippen molar-refractivity contribution in [2.24, 2.45) is 7.05 Å². The van der Waals surface area contributed by atoms with Crippen LogP contribution in [0.25, 0.3) is 10.9 Å². The van der Waals surface area contributed by atoms with E-state index in [0.29, 0.717) is 29.7 Å². The quantitative estimate of drug-likeness (QED) is 0.561. The standard InChI is InChI=1S/C24H27FN4O4/c1-28-20-13-17(25)3-5-19(20)23(27-28)16-7-10-29(11-8-16)9-2-12-31-24(30)26-18-4-6-21-22(14-18)33-15-32-21/h3-6,13-14,16H,2,7-12,15H2,1H3,(H,26,30). The number of nitrogens with one attached hydrogen (secondary N) is 1. The maximum atomic E-state index is 13.6. The van der Waals surface area contributed by atoms with Crippen LogP contribution in [0.15, 0.2) is 36.4 Å². The zero-order valence-electron chi connectivity index (χ0n) is 18.6.